The fourth-order valence-corrected chi connectivity index (χ4v) is 2.09. The van der Waals surface area contributed by atoms with Gasteiger partial charge in [-0.3, -0.25) is 9.59 Å². The summed E-state index contributed by atoms with van der Waals surface area (Å²) in [5.41, 5.74) is 7.59. The monoisotopic (exact) mass is 262 g/mol. The number of nitrogens with two attached hydrogens (primary N) is 1. The number of carbonyl (C=O) groups is 2. The molecule has 0 saturated carbocycles. The van der Waals surface area contributed by atoms with Crippen molar-refractivity contribution < 1.29 is 9.59 Å². The summed E-state index contributed by atoms with van der Waals surface area (Å²) in [6.07, 6.45) is 1.24. The molecule has 0 spiro atoms. The van der Waals surface area contributed by atoms with Crippen molar-refractivity contribution in [2.75, 3.05) is 24.6 Å². The number of piperidine rings is 1. The minimum absolute atomic E-state index is 0.0668. The molecular formula is C13H18N4O2. The standard InChI is InChI=1S/C13H18N4O2/c1-15-13(19)10-4-2-8(14)6-11(10)17-9-3-5-12(18)16-7-9/h2,4,6,9,17H,3,5,7,14H2,1H3,(H,15,19)(H,16,18). The van der Waals surface area contributed by atoms with Crippen molar-refractivity contribution in [3.63, 3.8) is 0 Å². The predicted octanol–water partition coefficient (Wildman–Crippen LogP) is 0.319. The first kappa shape index (κ1) is 13.2. The molecule has 0 aliphatic carbocycles. The van der Waals surface area contributed by atoms with E-state index in [-0.39, 0.29) is 17.9 Å². The largest absolute Gasteiger partial charge is 0.399 e. The Balaban J connectivity index is 2.16. The first-order valence-corrected chi connectivity index (χ1v) is 6.25. The van der Waals surface area contributed by atoms with Crippen molar-refractivity contribution in [2.24, 2.45) is 0 Å². The first-order chi connectivity index (χ1) is 9.10. The highest BCUT2D eigenvalue weighted by molar-refractivity contribution is 6.00. The molecule has 1 heterocycles. The van der Waals surface area contributed by atoms with Gasteiger partial charge in [0.05, 0.1) is 5.56 Å². The third kappa shape index (κ3) is 3.15. The van der Waals surface area contributed by atoms with E-state index in [9.17, 15) is 9.59 Å². The highest BCUT2D eigenvalue weighted by Crippen LogP contribution is 2.21. The second kappa shape index (κ2) is 5.60. The minimum Gasteiger partial charge on any atom is -0.399 e. The van der Waals surface area contributed by atoms with E-state index in [0.717, 1.165) is 6.42 Å². The summed E-state index contributed by atoms with van der Waals surface area (Å²) in [5, 5.41) is 8.66. The maximum atomic E-state index is 11.8. The Morgan fingerprint density at radius 3 is 2.89 bits per heavy atom. The zero-order valence-corrected chi connectivity index (χ0v) is 10.8. The lowest BCUT2D eigenvalue weighted by molar-refractivity contribution is -0.122. The Kier molecular flexibility index (Phi) is 3.89. The Morgan fingerprint density at radius 1 is 1.47 bits per heavy atom. The number of rotatable bonds is 3. The molecule has 1 aliphatic heterocycles. The third-order valence-electron chi connectivity index (χ3n) is 3.14. The van der Waals surface area contributed by atoms with Gasteiger partial charge in [0.2, 0.25) is 5.91 Å². The molecule has 1 aromatic rings. The van der Waals surface area contributed by atoms with Crippen LogP contribution in [0.2, 0.25) is 0 Å². The highest BCUT2D eigenvalue weighted by atomic mass is 16.2. The molecule has 1 atom stereocenters. The van der Waals surface area contributed by atoms with Crippen LogP contribution in [0.1, 0.15) is 23.2 Å². The van der Waals surface area contributed by atoms with Crippen LogP contribution in [0.5, 0.6) is 0 Å². The molecule has 2 amide bonds. The number of hydrogen-bond acceptors (Lipinski definition) is 4. The lowest BCUT2D eigenvalue weighted by atomic mass is 10.0. The van der Waals surface area contributed by atoms with Crippen LogP contribution in [0.4, 0.5) is 11.4 Å². The molecule has 1 saturated heterocycles. The van der Waals surface area contributed by atoms with Gasteiger partial charge in [-0.15, -0.1) is 0 Å². The SMILES string of the molecule is CNC(=O)c1ccc(N)cc1NC1CCC(=O)NC1. The molecule has 6 nitrogen and oxygen atoms in total. The molecule has 2 rings (SSSR count). The molecule has 6 heteroatoms. The van der Waals surface area contributed by atoms with Crippen molar-refractivity contribution in [3.05, 3.63) is 23.8 Å². The molecule has 0 aromatic heterocycles. The summed E-state index contributed by atoms with van der Waals surface area (Å²) < 4.78 is 0. The fourth-order valence-electron chi connectivity index (χ4n) is 2.09. The minimum atomic E-state index is -0.164. The van der Waals surface area contributed by atoms with Gasteiger partial charge in [-0.25, -0.2) is 0 Å². The molecule has 0 bridgehead atoms. The van der Waals surface area contributed by atoms with Crippen molar-refractivity contribution in [1.29, 1.82) is 0 Å². The van der Waals surface area contributed by atoms with Gasteiger partial charge in [0.25, 0.3) is 5.91 Å². The van der Waals surface area contributed by atoms with Gasteiger partial charge >= 0.3 is 0 Å². The average molecular weight is 262 g/mol. The second-order valence-electron chi connectivity index (χ2n) is 4.57. The van der Waals surface area contributed by atoms with E-state index in [2.05, 4.69) is 16.0 Å². The lowest BCUT2D eigenvalue weighted by Gasteiger charge is -2.25. The quantitative estimate of drug-likeness (QED) is 0.590. The predicted molar refractivity (Wildman–Crippen MR) is 73.9 cm³/mol. The summed E-state index contributed by atoms with van der Waals surface area (Å²) >= 11 is 0. The smallest absolute Gasteiger partial charge is 0.253 e. The number of benzene rings is 1. The maximum Gasteiger partial charge on any atom is 0.253 e. The van der Waals surface area contributed by atoms with Gasteiger partial charge in [-0.2, -0.15) is 0 Å². The van der Waals surface area contributed by atoms with Gasteiger partial charge in [0.1, 0.15) is 0 Å². The fraction of sp³-hybridized carbons (Fsp3) is 0.385. The maximum absolute atomic E-state index is 11.8. The van der Waals surface area contributed by atoms with Crippen LogP contribution in [-0.4, -0.2) is 31.4 Å². The molecular weight excluding hydrogens is 244 g/mol. The van der Waals surface area contributed by atoms with E-state index in [1.54, 1.807) is 25.2 Å². The zero-order valence-electron chi connectivity index (χ0n) is 10.8. The number of nitrogen functional groups attached to an aromatic ring is 1. The molecule has 19 heavy (non-hydrogen) atoms. The van der Waals surface area contributed by atoms with Crippen molar-refractivity contribution in [1.82, 2.24) is 10.6 Å². The Hall–Kier alpha value is -2.24. The highest BCUT2D eigenvalue weighted by Gasteiger charge is 2.19. The molecule has 0 radical (unpaired) electrons. The van der Waals surface area contributed by atoms with Gasteiger partial charge in [0.15, 0.2) is 0 Å². The van der Waals surface area contributed by atoms with Crippen LogP contribution >= 0.6 is 0 Å². The van der Waals surface area contributed by atoms with Gasteiger partial charge in [-0.1, -0.05) is 0 Å². The normalized spacial score (nSPS) is 18.6. The lowest BCUT2D eigenvalue weighted by Crippen LogP contribution is -2.42. The van der Waals surface area contributed by atoms with Crippen LogP contribution in [0, 0.1) is 0 Å². The topological polar surface area (TPSA) is 96.2 Å². The van der Waals surface area contributed by atoms with Crippen molar-refractivity contribution in [2.45, 2.75) is 18.9 Å². The van der Waals surface area contributed by atoms with E-state index in [4.69, 9.17) is 5.73 Å². The van der Waals surface area contributed by atoms with Crippen molar-refractivity contribution >= 4 is 23.2 Å². The van der Waals surface area contributed by atoms with E-state index >= 15 is 0 Å². The molecule has 5 N–H and O–H groups in total. The number of carbonyl (C=O) groups excluding carboxylic acids is 2. The second-order valence-corrected chi connectivity index (χ2v) is 4.57. The summed E-state index contributed by atoms with van der Waals surface area (Å²) in [7, 11) is 1.59. The molecule has 1 aliphatic rings. The summed E-state index contributed by atoms with van der Waals surface area (Å²) in [5.74, 6) is -0.0977. The van der Waals surface area contributed by atoms with Gasteiger partial charge in [0, 0.05) is 37.4 Å². The van der Waals surface area contributed by atoms with E-state index in [1.165, 1.54) is 0 Å². The van der Waals surface area contributed by atoms with Crippen LogP contribution in [0.3, 0.4) is 0 Å². The number of anilines is 2. The van der Waals surface area contributed by atoms with Crippen LogP contribution in [0.15, 0.2) is 18.2 Å². The molecule has 1 unspecified atom stereocenters. The number of amides is 2. The van der Waals surface area contributed by atoms with E-state index < -0.39 is 0 Å². The van der Waals surface area contributed by atoms with Gasteiger partial charge in [-0.05, 0) is 24.6 Å². The van der Waals surface area contributed by atoms with Crippen LogP contribution in [-0.2, 0) is 4.79 Å². The molecule has 1 aromatic carbocycles. The average Bonchev–Trinajstić information content (AvgIpc) is 2.41. The Bertz CT molecular complexity index is 491. The van der Waals surface area contributed by atoms with Crippen LogP contribution in [0.25, 0.3) is 0 Å². The van der Waals surface area contributed by atoms with E-state index in [1.807, 2.05) is 0 Å². The van der Waals surface area contributed by atoms with Crippen LogP contribution < -0.4 is 21.7 Å². The molecule has 1 fully saturated rings. The summed E-state index contributed by atoms with van der Waals surface area (Å²) in [6, 6.07) is 5.24. The Labute approximate surface area is 111 Å². The first-order valence-electron chi connectivity index (χ1n) is 6.25. The summed E-state index contributed by atoms with van der Waals surface area (Å²) in [4.78, 5) is 22.9. The van der Waals surface area contributed by atoms with Crippen molar-refractivity contribution in [3.8, 4) is 0 Å². The zero-order chi connectivity index (χ0) is 13.8. The van der Waals surface area contributed by atoms with E-state index in [0.29, 0.717) is 29.9 Å². The Morgan fingerprint density at radius 2 is 2.26 bits per heavy atom. The number of nitrogens with one attached hydrogen (secondary N) is 3. The third-order valence-corrected chi connectivity index (χ3v) is 3.14. The van der Waals surface area contributed by atoms with Gasteiger partial charge < -0.3 is 21.7 Å². The number of hydrogen-bond donors (Lipinski definition) is 4. The molecule has 102 valence electrons. The summed E-state index contributed by atoms with van der Waals surface area (Å²) in [6.45, 7) is 0.556.